The third-order valence-corrected chi connectivity index (χ3v) is 5.64. The first-order chi connectivity index (χ1) is 11.1. The Bertz CT molecular complexity index is 538. The zero-order chi connectivity index (χ0) is 18.1. The van der Waals surface area contributed by atoms with E-state index in [0.717, 1.165) is 32.2 Å². The number of hydrogen-bond donors (Lipinski definition) is 0. The highest BCUT2D eigenvalue weighted by atomic mass is 35.5. The summed E-state index contributed by atoms with van der Waals surface area (Å²) >= 11 is 12.0. The summed E-state index contributed by atoms with van der Waals surface area (Å²) in [4.78, 5) is 17.3. The Labute approximate surface area is 155 Å². The number of rotatable bonds is 5. The number of piperidine rings is 1. The summed E-state index contributed by atoms with van der Waals surface area (Å²) in [7, 11) is 2.21. The third-order valence-electron chi connectivity index (χ3n) is 5.31. The van der Waals surface area contributed by atoms with Crippen LogP contribution in [0.3, 0.4) is 0 Å². The first-order valence-corrected chi connectivity index (χ1v) is 9.40. The van der Waals surface area contributed by atoms with Gasteiger partial charge in [0.05, 0.1) is 0 Å². The van der Waals surface area contributed by atoms with Crippen molar-refractivity contribution >= 4 is 29.2 Å². The van der Waals surface area contributed by atoms with Gasteiger partial charge in [-0.05, 0) is 77.2 Å². The molecule has 1 aromatic heterocycles. The molecular weight excluding hydrogens is 345 g/mol. The molecule has 1 aliphatic rings. The molecule has 0 amide bonds. The van der Waals surface area contributed by atoms with Crippen LogP contribution in [0.1, 0.15) is 60.3 Å². The van der Waals surface area contributed by atoms with Gasteiger partial charge in [-0.3, -0.25) is 4.90 Å². The molecule has 24 heavy (non-hydrogen) atoms. The van der Waals surface area contributed by atoms with Gasteiger partial charge in [0.1, 0.15) is 0 Å². The summed E-state index contributed by atoms with van der Waals surface area (Å²) in [6, 6.07) is 0.340. The van der Waals surface area contributed by atoms with Gasteiger partial charge >= 0.3 is 0 Å². The average Bonchev–Trinajstić information content (AvgIpc) is 2.43. The van der Waals surface area contributed by atoms with Crippen LogP contribution >= 0.6 is 23.2 Å². The number of likely N-dealkylation sites (tertiary alicyclic amines) is 1. The minimum absolute atomic E-state index is 0.0947. The first kappa shape index (κ1) is 19.7. The fraction of sp³-hybridized carbons (Fsp3) is 0.824. The van der Waals surface area contributed by atoms with Gasteiger partial charge in [-0.15, -0.1) is 0 Å². The van der Waals surface area contributed by atoms with Crippen molar-refractivity contribution in [3.63, 3.8) is 0 Å². The molecule has 5 nitrogen and oxygen atoms in total. The average molecular weight is 374 g/mol. The molecule has 0 aliphatic carbocycles. The molecule has 0 spiro atoms. The summed E-state index contributed by atoms with van der Waals surface area (Å²) < 4.78 is 0. The van der Waals surface area contributed by atoms with E-state index < -0.39 is 0 Å². The highest BCUT2D eigenvalue weighted by Crippen LogP contribution is 2.39. The molecule has 0 bridgehead atoms. The maximum absolute atomic E-state index is 6.02. The van der Waals surface area contributed by atoms with Crippen LogP contribution < -0.4 is 4.90 Å². The van der Waals surface area contributed by atoms with Crippen LogP contribution in [0.5, 0.6) is 0 Å². The van der Waals surface area contributed by atoms with E-state index in [1.54, 1.807) is 0 Å². The fourth-order valence-electron chi connectivity index (χ4n) is 3.76. The van der Waals surface area contributed by atoms with Crippen LogP contribution in [0, 0.1) is 0 Å². The summed E-state index contributed by atoms with van der Waals surface area (Å²) in [5, 5.41) is 0.302. The lowest BCUT2D eigenvalue weighted by Crippen LogP contribution is -2.63. The van der Waals surface area contributed by atoms with Crippen molar-refractivity contribution in [1.29, 1.82) is 0 Å². The van der Waals surface area contributed by atoms with Crippen molar-refractivity contribution in [2.45, 2.75) is 77.4 Å². The van der Waals surface area contributed by atoms with Gasteiger partial charge in [0.25, 0.3) is 0 Å². The molecule has 0 atom stereocenters. The number of hydrogen-bond acceptors (Lipinski definition) is 5. The molecular formula is C17H29Cl2N5. The maximum atomic E-state index is 6.02. The lowest BCUT2D eigenvalue weighted by Gasteiger charge is -2.55. The van der Waals surface area contributed by atoms with E-state index in [0.29, 0.717) is 12.0 Å². The molecule has 0 unspecified atom stereocenters. The van der Waals surface area contributed by atoms with Crippen molar-refractivity contribution in [3.8, 4) is 0 Å². The number of halogens is 2. The molecule has 1 saturated heterocycles. The third kappa shape index (κ3) is 4.30. The lowest BCUT2D eigenvalue weighted by molar-refractivity contribution is -0.0129. The van der Waals surface area contributed by atoms with E-state index >= 15 is 0 Å². The topological polar surface area (TPSA) is 45.2 Å². The molecule has 7 heteroatoms. The van der Waals surface area contributed by atoms with Gasteiger partial charge < -0.3 is 4.90 Å². The Kier molecular flexibility index (Phi) is 5.99. The standard InChI is InChI=1S/C17H29Cl2N5/c1-7-8-9-24(15-21-13(18)20-14(19)22-15)12-10-16(2,3)23(6)17(4,5)11-12/h12H,7-11H2,1-6H3. The second kappa shape index (κ2) is 7.30. The zero-order valence-corrected chi connectivity index (χ0v) is 17.1. The van der Waals surface area contributed by atoms with E-state index in [9.17, 15) is 0 Å². The highest BCUT2D eigenvalue weighted by Gasteiger charge is 2.45. The molecule has 1 aromatic rings. The van der Waals surface area contributed by atoms with E-state index in [1.165, 1.54) is 0 Å². The quantitative estimate of drug-likeness (QED) is 0.763. The monoisotopic (exact) mass is 373 g/mol. The Morgan fingerprint density at radius 2 is 1.54 bits per heavy atom. The number of anilines is 1. The molecule has 136 valence electrons. The summed E-state index contributed by atoms with van der Waals surface area (Å²) in [6.07, 6.45) is 4.27. The van der Waals surface area contributed by atoms with Gasteiger partial charge in [0, 0.05) is 23.7 Å². The van der Waals surface area contributed by atoms with Crippen LogP contribution in [0.15, 0.2) is 0 Å². The van der Waals surface area contributed by atoms with Crippen LogP contribution in [0.2, 0.25) is 10.6 Å². The summed E-state index contributed by atoms with van der Waals surface area (Å²) in [5.41, 5.74) is 0.189. The largest absolute Gasteiger partial charge is 0.338 e. The Hall–Kier alpha value is -0.650. The van der Waals surface area contributed by atoms with Crippen molar-refractivity contribution in [1.82, 2.24) is 19.9 Å². The first-order valence-electron chi connectivity index (χ1n) is 8.64. The Morgan fingerprint density at radius 3 is 2.00 bits per heavy atom. The molecule has 1 aliphatic heterocycles. The van der Waals surface area contributed by atoms with Gasteiger partial charge in [0.15, 0.2) is 0 Å². The predicted octanol–water partition coefficient (Wildman–Crippen LogP) is 4.44. The summed E-state index contributed by atoms with van der Waals surface area (Å²) in [6.45, 7) is 12.3. The van der Waals surface area contributed by atoms with Gasteiger partial charge in [-0.1, -0.05) is 13.3 Å². The smallest absolute Gasteiger partial charge is 0.231 e. The second-order valence-corrected chi connectivity index (χ2v) is 8.64. The molecule has 0 N–H and O–H groups in total. The number of unbranched alkanes of at least 4 members (excludes halogenated alkanes) is 1. The minimum atomic E-state index is 0.0947. The van der Waals surface area contributed by atoms with Crippen molar-refractivity contribution in [2.75, 3.05) is 18.5 Å². The molecule has 2 rings (SSSR count). The predicted molar refractivity (Wildman–Crippen MR) is 101 cm³/mol. The second-order valence-electron chi connectivity index (χ2n) is 7.97. The minimum Gasteiger partial charge on any atom is -0.338 e. The van der Waals surface area contributed by atoms with Crippen LogP contribution in [0.4, 0.5) is 5.95 Å². The number of nitrogens with zero attached hydrogens (tertiary/aromatic N) is 5. The van der Waals surface area contributed by atoms with Crippen molar-refractivity contribution in [3.05, 3.63) is 10.6 Å². The van der Waals surface area contributed by atoms with Crippen molar-refractivity contribution in [2.24, 2.45) is 0 Å². The van der Waals surface area contributed by atoms with Crippen LogP contribution in [0.25, 0.3) is 0 Å². The maximum Gasteiger partial charge on any atom is 0.231 e. The van der Waals surface area contributed by atoms with Crippen LogP contribution in [-0.4, -0.2) is 50.6 Å². The van der Waals surface area contributed by atoms with Gasteiger partial charge in [0.2, 0.25) is 16.5 Å². The molecule has 0 aromatic carbocycles. The molecule has 1 fully saturated rings. The highest BCUT2D eigenvalue weighted by molar-refractivity contribution is 6.31. The number of aromatic nitrogens is 3. The Morgan fingerprint density at radius 1 is 1.04 bits per heavy atom. The Balaban J connectivity index is 2.37. The van der Waals surface area contributed by atoms with Gasteiger partial charge in [-0.25, -0.2) is 0 Å². The van der Waals surface area contributed by atoms with E-state index in [-0.39, 0.29) is 21.6 Å². The normalized spacial score (nSPS) is 21.0. The molecule has 2 heterocycles. The zero-order valence-electron chi connectivity index (χ0n) is 15.6. The fourth-order valence-corrected chi connectivity index (χ4v) is 4.11. The molecule has 0 saturated carbocycles. The molecule has 0 radical (unpaired) electrons. The summed E-state index contributed by atoms with van der Waals surface area (Å²) in [5.74, 6) is 0.592. The van der Waals surface area contributed by atoms with Crippen LogP contribution in [-0.2, 0) is 0 Å². The SMILES string of the molecule is CCCCN(c1nc(Cl)nc(Cl)n1)C1CC(C)(C)N(C)C(C)(C)C1. The van der Waals surface area contributed by atoms with Crippen molar-refractivity contribution < 1.29 is 0 Å². The lowest BCUT2D eigenvalue weighted by atomic mass is 9.77. The van der Waals surface area contributed by atoms with Gasteiger partial charge in [-0.2, -0.15) is 15.0 Å². The van der Waals surface area contributed by atoms with E-state index in [4.69, 9.17) is 23.2 Å². The van der Waals surface area contributed by atoms with E-state index in [1.807, 2.05) is 0 Å². The van der Waals surface area contributed by atoms with E-state index in [2.05, 4.69) is 66.4 Å².